The molecule has 3 heterocycles. The highest BCUT2D eigenvalue weighted by Gasteiger charge is 2.51. The fourth-order valence-electron chi connectivity index (χ4n) is 5.29. The van der Waals surface area contributed by atoms with Crippen LogP contribution in [0.3, 0.4) is 0 Å². The Hall–Kier alpha value is -4.40. The molecule has 0 spiro atoms. The van der Waals surface area contributed by atoms with Gasteiger partial charge in [0.15, 0.2) is 41.0 Å². The molecule has 2 aliphatic heterocycles. The molecule has 2 saturated heterocycles. The average Bonchev–Trinajstić information content (AvgIpc) is 3.05. The van der Waals surface area contributed by atoms with Crippen molar-refractivity contribution in [3.63, 3.8) is 0 Å². The molecule has 9 N–H and O–H groups in total. The third-order valence-corrected chi connectivity index (χ3v) is 7.94. The van der Waals surface area contributed by atoms with Gasteiger partial charge in [-0.1, -0.05) is 0 Å². The molecule has 262 valence electrons. The molecule has 18 heteroatoms. The largest absolute Gasteiger partial charge is 0.504 e. The molecule has 0 bridgehead atoms. The standard InChI is InChI=1S/C30H34O18/c1-9-18(34)22(38)25(41)29(44-9)48-28-23(39)20(36)16(8-43-10(2)31)46-30(28)45-15-7-13(33)19(35)27-17(15)21(37)24(40)26(47-27)11-4-5-12(32)14(6-11)42-3/h4-7,9,16,18,20,22-23,25,28-30,32-36,38-41H,8H2,1-3H3. The molecule has 10 atom stereocenters. The van der Waals surface area contributed by atoms with Crippen LogP contribution in [0.2, 0.25) is 0 Å². The number of methoxy groups -OCH3 is 1. The van der Waals surface area contributed by atoms with Crippen molar-refractivity contribution >= 4 is 16.9 Å². The Kier molecular flexibility index (Phi) is 9.90. The molecule has 0 radical (unpaired) electrons. The van der Waals surface area contributed by atoms with Gasteiger partial charge in [-0.2, -0.15) is 0 Å². The summed E-state index contributed by atoms with van der Waals surface area (Å²) in [6.45, 7) is 1.84. The van der Waals surface area contributed by atoms with Gasteiger partial charge in [0.25, 0.3) is 0 Å². The lowest BCUT2D eigenvalue weighted by Crippen LogP contribution is -2.64. The summed E-state index contributed by atoms with van der Waals surface area (Å²) in [7, 11) is 1.26. The van der Waals surface area contributed by atoms with E-state index in [1.165, 1.54) is 32.2 Å². The van der Waals surface area contributed by atoms with Crippen molar-refractivity contribution in [2.75, 3.05) is 13.7 Å². The highest BCUT2D eigenvalue weighted by Crippen LogP contribution is 2.44. The monoisotopic (exact) mass is 682 g/mol. The minimum Gasteiger partial charge on any atom is -0.504 e. The van der Waals surface area contributed by atoms with Crippen molar-refractivity contribution in [1.82, 2.24) is 0 Å². The van der Waals surface area contributed by atoms with E-state index in [1.807, 2.05) is 0 Å². The summed E-state index contributed by atoms with van der Waals surface area (Å²) in [5.74, 6) is -5.01. The van der Waals surface area contributed by atoms with Crippen LogP contribution in [0, 0.1) is 0 Å². The second-order valence-corrected chi connectivity index (χ2v) is 11.2. The lowest BCUT2D eigenvalue weighted by Gasteiger charge is -2.45. The molecule has 2 fully saturated rings. The van der Waals surface area contributed by atoms with E-state index in [0.29, 0.717) is 0 Å². The molecule has 48 heavy (non-hydrogen) atoms. The Morgan fingerprint density at radius 1 is 0.833 bits per heavy atom. The highest BCUT2D eigenvalue weighted by molar-refractivity contribution is 5.93. The van der Waals surface area contributed by atoms with Crippen LogP contribution in [0.15, 0.2) is 33.5 Å². The smallest absolute Gasteiger partial charge is 0.302 e. The number of carbonyl (C=O) groups is 1. The summed E-state index contributed by atoms with van der Waals surface area (Å²) in [4.78, 5) is 25.0. The third-order valence-electron chi connectivity index (χ3n) is 7.94. The van der Waals surface area contributed by atoms with Crippen LogP contribution in [-0.4, -0.2) is 127 Å². The molecule has 2 aromatic carbocycles. The maximum atomic E-state index is 13.6. The number of esters is 1. The minimum atomic E-state index is -1.95. The fraction of sp³-hybridized carbons (Fsp3) is 0.467. The predicted molar refractivity (Wildman–Crippen MR) is 156 cm³/mol. The lowest BCUT2D eigenvalue weighted by molar-refractivity contribution is -0.354. The zero-order chi connectivity index (χ0) is 35.2. The van der Waals surface area contributed by atoms with Crippen molar-refractivity contribution in [3.05, 3.63) is 34.5 Å². The van der Waals surface area contributed by atoms with Gasteiger partial charge in [0, 0.05) is 18.6 Å². The topological polar surface area (TPSA) is 285 Å². The number of fused-ring (bicyclic) bond motifs is 1. The van der Waals surface area contributed by atoms with Crippen molar-refractivity contribution in [1.29, 1.82) is 0 Å². The lowest BCUT2D eigenvalue weighted by atomic mass is 9.97. The summed E-state index contributed by atoms with van der Waals surface area (Å²) < 4.78 is 38.4. The first-order valence-electron chi connectivity index (χ1n) is 14.4. The van der Waals surface area contributed by atoms with Crippen LogP contribution in [-0.2, 0) is 23.7 Å². The summed E-state index contributed by atoms with van der Waals surface area (Å²) in [5.41, 5.74) is -1.85. The zero-order valence-electron chi connectivity index (χ0n) is 25.5. The van der Waals surface area contributed by atoms with E-state index in [4.69, 9.17) is 32.8 Å². The molecule has 10 unspecified atom stereocenters. The van der Waals surface area contributed by atoms with Crippen LogP contribution >= 0.6 is 0 Å². The van der Waals surface area contributed by atoms with Gasteiger partial charge in [0.2, 0.25) is 23.2 Å². The normalized spacial score (nSPS) is 30.6. The van der Waals surface area contributed by atoms with Crippen LogP contribution in [0.4, 0.5) is 0 Å². The number of phenols is 3. The Morgan fingerprint density at radius 3 is 2.21 bits per heavy atom. The second kappa shape index (κ2) is 13.6. The van der Waals surface area contributed by atoms with E-state index in [2.05, 4.69) is 0 Å². The van der Waals surface area contributed by atoms with Crippen molar-refractivity contribution in [2.45, 2.75) is 75.3 Å². The maximum absolute atomic E-state index is 13.6. The van der Waals surface area contributed by atoms with E-state index in [9.17, 15) is 55.5 Å². The van der Waals surface area contributed by atoms with Gasteiger partial charge in [0.05, 0.1) is 13.2 Å². The van der Waals surface area contributed by atoms with E-state index in [0.717, 1.165) is 13.0 Å². The van der Waals surface area contributed by atoms with Gasteiger partial charge < -0.3 is 78.8 Å². The van der Waals surface area contributed by atoms with Crippen LogP contribution < -0.4 is 14.9 Å². The van der Waals surface area contributed by atoms with Gasteiger partial charge in [-0.15, -0.1) is 0 Å². The number of carbonyl (C=O) groups excluding carboxylic acids is 1. The molecular formula is C30H34O18. The van der Waals surface area contributed by atoms with E-state index >= 15 is 0 Å². The first-order chi connectivity index (χ1) is 22.6. The Balaban J connectivity index is 1.59. The van der Waals surface area contributed by atoms with Gasteiger partial charge in [-0.25, -0.2) is 0 Å². The molecule has 0 amide bonds. The maximum Gasteiger partial charge on any atom is 0.302 e. The Bertz CT molecular complexity index is 1720. The number of ether oxygens (including phenoxy) is 6. The summed E-state index contributed by atoms with van der Waals surface area (Å²) >= 11 is 0. The predicted octanol–water partition coefficient (Wildman–Crippen LogP) is -1.11. The van der Waals surface area contributed by atoms with E-state index in [-0.39, 0.29) is 17.1 Å². The zero-order valence-corrected chi connectivity index (χ0v) is 25.5. The Morgan fingerprint density at radius 2 is 1.54 bits per heavy atom. The van der Waals surface area contributed by atoms with Gasteiger partial charge in [-0.3, -0.25) is 9.59 Å². The first-order valence-corrected chi connectivity index (χ1v) is 14.4. The summed E-state index contributed by atoms with van der Waals surface area (Å²) in [5, 5.41) is 94.2. The number of aromatic hydroxyl groups is 4. The van der Waals surface area contributed by atoms with Gasteiger partial charge in [-0.05, 0) is 25.1 Å². The SMILES string of the molecule is COc1cc(-c2oc3c(O)c(O)cc(OC4OC(COC(C)=O)C(O)C(O)C4OC4OC(C)C(O)C(O)C4O)c3c(=O)c2O)ccc1O. The molecule has 0 aliphatic carbocycles. The number of phenolic OH excluding ortho intramolecular Hbond substituents is 3. The molecule has 3 aromatic rings. The molecule has 0 saturated carbocycles. The number of benzene rings is 2. The first kappa shape index (κ1) is 34.9. The second-order valence-electron chi connectivity index (χ2n) is 11.2. The number of aliphatic hydroxyl groups is 5. The van der Waals surface area contributed by atoms with Crippen molar-refractivity contribution in [2.24, 2.45) is 0 Å². The minimum absolute atomic E-state index is 0.0217. The number of rotatable bonds is 8. The molecule has 5 rings (SSSR count). The molecule has 1 aromatic heterocycles. The fourth-order valence-corrected chi connectivity index (χ4v) is 5.29. The van der Waals surface area contributed by atoms with Crippen LogP contribution in [0.1, 0.15) is 13.8 Å². The summed E-state index contributed by atoms with van der Waals surface area (Å²) in [6, 6.07) is 4.44. The third kappa shape index (κ3) is 6.39. The van der Waals surface area contributed by atoms with Crippen LogP contribution in [0.5, 0.6) is 34.5 Å². The van der Waals surface area contributed by atoms with Gasteiger partial charge in [0.1, 0.15) is 54.4 Å². The van der Waals surface area contributed by atoms with Gasteiger partial charge >= 0.3 is 5.97 Å². The average molecular weight is 683 g/mol. The van der Waals surface area contributed by atoms with Crippen molar-refractivity contribution < 1.29 is 83.6 Å². The molecule has 18 nitrogen and oxygen atoms in total. The van der Waals surface area contributed by atoms with Crippen LogP contribution in [0.25, 0.3) is 22.3 Å². The van der Waals surface area contributed by atoms with E-state index in [1.54, 1.807) is 0 Å². The number of aliphatic hydroxyl groups excluding tert-OH is 5. The number of hydrogen-bond donors (Lipinski definition) is 9. The summed E-state index contributed by atoms with van der Waals surface area (Å²) in [6.07, 6.45) is -16.9. The molecule has 2 aliphatic rings. The van der Waals surface area contributed by atoms with Crippen molar-refractivity contribution in [3.8, 4) is 45.8 Å². The highest BCUT2D eigenvalue weighted by atomic mass is 16.8. The number of hydrogen-bond acceptors (Lipinski definition) is 18. The molecular weight excluding hydrogens is 648 g/mol. The van der Waals surface area contributed by atoms with E-state index < -0.39 is 119 Å². The quantitative estimate of drug-likeness (QED) is 0.101. The Labute approximate surface area is 270 Å².